The highest BCUT2D eigenvalue weighted by Gasteiger charge is 2.08. The van der Waals surface area contributed by atoms with Gasteiger partial charge in [-0.1, -0.05) is 18.2 Å². The molecule has 0 saturated carbocycles. The highest BCUT2D eigenvalue weighted by molar-refractivity contribution is 5.77. The molecule has 5 nitrogen and oxygen atoms in total. The van der Waals surface area contributed by atoms with Crippen molar-refractivity contribution in [3.63, 3.8) is 0 Å². The number of hydrogen-bond acceptors (Lipinski definition) is 4. The second-order valence-electron chi connectivity index (χ2n) is 4.86. The predicted octanol–water partition coefficient (Wildman–Crippen LogP) is 4.26. The van der Waals surface area contributed by atoms with Crippen LogP contribution in [-0.4, -0.2) is 4.92 Å². The standard InChI is InChI=1S/C16H14N2O3/c1-11-8-13(18(19)20)6-7-15(11)17-10-14-9-12-4-2-3-5-16(12)21-14/h2-9,17H,10H2,1H3. The molecule has 3 rings (SSSR count). The van der Waals surface area contributed by atoms with Gasteiger partial charge in [0.2, 0.25) is 0 Å². The van der Waals surface area contributed by atoms with Crippen LogP contribution < -0.4 is 5.32 Å². The lowest BCUT2D eigenvalue weighted by molar-refractivity contribution is -0.384. The number of anilines is 1. The second-order valence-corrected chi connectivity index (χ2v) is 4.86. The maximum Gasteiger partial charge on any atom is 0.269 e. The van der Waals surface area contributed by atoms with Crippen LogP contribution in [0.25, 0.3) is 11.0 Å². The van der Waals surface area contributed by atoms with E-state index in [1.54, 1.807) is 12.1 Å². The number of non-ortho nitro benzene ring substituents is 1. The van der Waals surface area contributed by atoms with Crippen LogP contribution >= 0.6 is 0 Å². The molecule has 0 fully saturated rings. The fourth-order valence-electron chi connectivity index (χ4n) is 2.27. The lowest BCUT2D eigenvalue weighted by Gasteiger charge is -2.07. The van der Waals surface area contributed by atoms with E-state index in [1.165, 1.54) is 6.07 Å². The van der Waals surface area contributed by atoms with Crippen LogP contribution in [0.5, 0.6) is 0 Å². The summed E-state index contributed by atoms with van der Waals surface area (Å²) < 4.78 is 5.72. The molecule has 2 aromatic carbocycles. The lowest BCUT2D eigenvalue weighted by atomic mass is 10.2. The number of nitrogens with one attached hydrogen (secondary N) is 1. The van der Waals surface area contributed by atoms with Crippen LogP contribution in [0.2, 0.25) is 0 Å². The molecule has 0 atom stereocenters. The highest BCUT2D eigenvalue weighted by atomic mass is 16.6. The maximum atomic E-state index is 10.7. The van der Waals surface area contributed by atoms with Gasteiger partial charge in [-0.05, 0) is 30.7 Å². The van der Waals surface area contributed by atoms with Crippen molar-refractivity contribution in [2.45, 2.75) is 13.5 Å². The number of nitro groups is 1. The number of para-hydroxylation sites is 1. The largest absolute Gasteiger partial charge is 0.459 e. The Morgan fingerprint density at radius 1 is 1.19 bits per heavy atom. The molecule has 106 valence electrons. The van der Waals surface area contributed by atoms with E-state index in [1.807, 2.05) is 37.3 Å². The number of nitrogens with zero attached hydrogens (tertiary/aromatic N) is 1. The first-order valence-corrected chi connectivity index (χ1v) is 6.60. The van der Waals surface area contributed by atoms with Gasteiger partial charge >= 0.3 is 0 Å². The third-order valence-corrected chi connectivity index (χ3v) is 3.35. The monoisotopic (exact) mass is 282 g/mol. The normalized spacial score (nSPS) is 10.7. The van der Waals surface area contributed by atoms with Gasteiger partial charge in [0.25, 0.3) is 5.69 Å². The Hall–Kier alpha value is -2.82. The zero-order valence-electron chi connectivity index (χ0n) is 11.5. The van der Waals surface area contributed by atoms with E-state index in [9.17, 15) is 10.1 Å². The number of benzene rings is 2. The molecule has 0 aliphatic carbocycles. The van der Waals surface area contributed by atoms with E-state index in [0.717, 1.165) is 28.0 Å². The average Bonchev–Trinajstić information content (AvgIpc) is 2.88. The van der Waals surface area contributed by atoms with Gasteiger partial charge in [0, 0.05) is 23.2 Å². The van der Waals surface area contributed by atoms with Crippen molar-refractivity contribution in [1.82, 2.24) is 0 Å². The minimum absolute atomic E-state index is 0.0989. The first-order chi connectivity index (χ1) is 10.1. The fourth-order valence-corrected chi connectivity index (χ4v) is 2.27. The number of hydrogen-bond donors (Lipinski definition) is 1. The Morgan fingerprint density at radius 3 is 2.71 bits per heavy atom. The van der Waals surface area contributed by atoms with Crippen molar-refractivity contribution in [2.75, 3.05) is 5.32 Å². The summed E-state index contributed by atoms with van der Waals surface area (Å²) in [6.07, 6.45) is 0. The van der Waals surface area contributed by atoms with E-state index in [0.29, 0.717) is 6.54 Å². The molecule has 0 amide bonds. The highest BCUT2D eigenvalue weighted by Crippen LogP contribution is 2.23. The summed E-state index contributed by atoms with van der Waals surface area (Å²) in [4.78, 5) is 10.3. The predicted molar refractivity (Wildman–Crippen MR) is 81.4 cm³/mol. The van der Waals surface area contributed by atoms with Crippen LogP contribution in [0, 0.1) is 17.0 Å². The average molecular weight is 282 g/mol. The first kappa shape index (κ1) is 13.2. The third kappa shape index (κ3) is 2.72. The Kier molecular flexibility index (Phi) is 3.31. The van der Waals surface area contributed by atoms with Crippen molar-refractivity contribution in [1.29, 1.82) is 0 Å². The van der Waals surface area contributed by atoms with Crippen LogP contribution in [0.3, 0.4) is 0 Å². The van der Waals surface area contributed by atoms with Crippen molar-refractivity contribution in [2.24, 2.45) is 0 Å². The topological polar surface area (TPSA) is 68.3 Å². The Bertz CT molecular complexity index is 775. The van der Waals surface area contributed by atoms with Crippen LogP contribution in [-0.2, 0) is 6.54 Å². The summed E-state index contributed by atoms with van der Waals surface area (Å²) in [7, 11) is 0. The Balaban J connectivity index is 1.76. The van der Waals surface area contributed by atoms with Gasteiger partial charge in [0.05, 0.1) is 11.5 Å². The number of nitro benzene ring substituents is 1. The second kappa shape index (κ2) is 5.28. The van der Waals surface area contributed by atoms with E-state index < -0.39 is 4.92 Å². The minimum Gasteiger partial charge on any atom is -0.459 e. The molecule has 1 aromatic heterocycles. The molecular weight excluding hydrogens is 268 g/mol. The molecule has 0 spiro atoms. The molecule has 5 heteroatoms. The van der Waals surface area contributed by atoms with Crippen molar-refractivity contribution in [3.8, 4) is 0 Å². The SMILES string of the molecule is Cc1cc([N+](=O)[O-])ccc1NCc1cc2ccccc2o1. The van der Waals surface area contributed by atoms with Crippen molar-refractivity contribution < 1.29 is 9.34 Å². The molecule has 0 unspecified atom stereocenters. The molecule has 21 heavy (non-hydrogen) atoms. The van der Waals surface area contributed by atoms with Gasteiger partial charge in [-0.15, -0.1) is 0 Å². The first-order valence-electron chi connectivity index (χ1n) is 6.60. The Labute approximate surface area is 121 Å². The molecular formula is C16H14N2O3. The van der Waals surface area contributed by atoms with Gasteiger partial charge in [0.1, 0.15) is 11.3 Å². The Morgan fingerprint density at radius 2 is 2.00 bits per heavy atom. The van der Waals surface area contributed by atoms with Gasteiger partial charge in [-0.3, -0.25) is 10.1 Å². The van der Waals surface area contributed by atoms with E-state index >= 15 is 0 Å². The van der Waals surface area contributed by atoms with E-state index in [4.69, 9.17) is 4.42 Å². The van der Waals surface area contributed by atoms with Gasteiger partial charge < -0.3 is 9.73 Å². The van der Waals surface area contributed by atoms with Crippen molar-refractivity contribution in [3.05, 3.63) is 70.0 Å². The van der Waals surface area contributed by atoms with Gasteiger partial charge in [-0.25, -0.2) is 0 Å². The summed E-state index contributed by atoms with van der Waals surface area (Å²) in [5, 5.41) is 15.0. The number of aryl methyl sites for hydroxylation is 1. The number of furan rings is 1. The smallest absolute Gasteiger partial charge is 0.269 e. The number of fused-ring (bicyclic) bond motifs is 1. The molecule has 0 aliphatic rings. The summed E-state index contributed by atoms with van der Waals surface area (Å²) >= 11 is 0. The van der Waals surface area contributed by atoms with E-state index in [2.05, 4.69) is 5.32 Å². The quantitative estimate of drug-likeness (QED) is 0.573. The summed E-state index contributed by atoms with van der Waals surface area (Å²) in [5.74, 6) is 0.828. The van der Waals surface area contributed by atoms with Gasteiger partial charge in [-0.2, -0.15) is 0 Å². The van der Waals surface area contributed by atoms with E-state index in [-0.39, 0.29) is 5.69 Å². The summed E-state index contributed by atoms with van der Waals surface area (Å²) in [5.41, 5.74) is 2.65. The fraction of sp³-hybridized carbons (Fsp3) is 0.125. The maximum absolute atomic E-state index is 10.7. The summed E-state index contributed by atoms with van der Waals surface area (Å²) in [6, 6.07) is 14.6. The third-order valence-electron chi connectivity index (χ3n) is 3.35. The van der Waals surface area contributed by atoms with Crippen LogP contribution in [0.4, 0.5) is 11.4 Å². The number of rotatable bonds is 4. The van der Waals surface area contributed by atoms with Gasteiger partial charge in [0.15, 0.2) is 0 Å². The summed E-state index contributed by atoms with van der Waals surface area (Å²) in [6.45, 7) is 2.38. The van der Waals surface area contributed by atoms with Crippen LogP contribution in [0.1, 0.15) is 11.3 Å². The van der Waals surface area contributed by atoms with Crippen molar-refractivity contribution >= 4 is 22.3 Å². The molecule has 0 bridgehead atoms. The minimum atomic E-state index is -0.393. The zero-order valence-corrected chi connectivity index (χ0v) is 11.5. The van der Waals surface area contributed by atoms with Crippen LogP contribution in [0.15, 0.2) is 52.9 Å². The molecule has 0 aliphatic heterocycles. The molecule has 1 N–H and O–H groups in total. The molecule has 0 saturated heterocycles. The molecule has 1 heterocycles. The molecule has 0 radical (unpaired) electrons. The molecule has 3 aromatic rings. The lowest BCUT2D eigenvalue weighted by Crippen LogP contribution is -2.00. The zero-order chi connectivity index (χ0) is 14.8.